The highest BCUT2D eigenvalue weighted by atomic mass is 35.5. The monoisotopic (exact) mass is 774 g/mol. The van der Waals surface area contributed by atoms with Crippen LogP contribution in [0.25, 0.3) is 0 Å². The number of thiol groups is 1. The Kier molecular flexibility index (Phi) is 11.0. The standard InChI is InChI=1S/C38H44ClN8O4PS/c1-51-32-19-26(9-11-29(32)43-38-41-21-28(39)35(45-38)42-30-6-4-5-7-33(30)52(2,3)50)46-16-14-25(15-17-46)40-20-23-8-10-27-24(18-23)22-47(37(27)53)31-12-13-34(48)44-36(31)49/h4-11,18-19,21,25,31,37,40,53H,12-17,20,22H2,1-3H3,(H,44,48,49)(H2,41,42,43,45). The molecular weight excluding hydrogens is 731 g/mol. The molecule has 53 heavy (non-hydrogen) atoms. The van der Waals surface area contributed by atoms with Gasteiger partial charge >= 0.3 is 0 Å². The van der Waals surface area contributed by atoms with Crippen LogP contribution in [0.2, 0.25) is 5.02 Å². The van der Waals surface area contributed by atoms with Gasteiger partial charge in [0.1, 0.15) is 17.9 Å². The number of para-hydroxylation sites is 1. The lowest BCUT2D eigenvalue weighted by Gasteiger charge is -2.34. The van der Waals surface area contributed by atoms with Crippen molar-refractivity contribution in [3.05, 3.63) is 88.6 Å². The summed E-state index contributed by atoms with van der Waals surface area (Å²) in [5, 5.41) is 13.6. The fourth-order valence-corrected chi connectivity index (χ4v) is 9.08. The lowest BCUT2D eigenvalue weighted by Crippen LogP contribution is -2.51. The fourth-order valence-electron chi connectivity index (χ4n) is 7.29. The number of aromatic nitrogens is 2. The highest BCUT2D eigenvalue weighted by molar-refractivity contribution is 7.80. The molecule has 0 saturated carbocycles. The van der Waals surface area contributed by atoms with E-state index >= 15 is 0 Å². The van der Waals surface area contributed by atoms with Crippen LogP contribution >= 0.6 is 31.4 Å². The number of hydrogen-bond acceptors (Lipinski definition) is 12. The number of amides is 2. The molecule has 2 fully saturated rings. The lowest BCUT2D eigenvalue weighted by molar-refractivity contribution is -0.137. The predicted octanol–water partition coefficient (Wildman–Crippen LogP) is 6.18. The Morgan fingerprint density at radius 1 is 1.02 bits per heavy atom. The number of fused-ring (bicyclic) bond motifs is 1. The van der Waals surface area contributed by atoms with Gasteiger partial charge < -0.3 is 30.2 Å². The molecule has 2 amide bonds. The van der Waals surface area contributed by atoms with Crippen molar-refractivity contribution in [2.75, 3.05) is 49.1 Å². The van der Waals surface area contributed by atoms with Crippen LogP contribution in [0.4, 0.5) is 28.8 Å². The van der Waals surface area contributed by atoms with E-state index in [-0.39, 0.29) is 23.2 Å². The molecule has 0 spiro atoms. The highest BCUT2D eigenvalue weighted by Crippen LogP contribution is 2.41. The molecule has 1 aromatic heterocycles. The third-order valence-electron chi connectivity index (χ3n) is 10.1. The summed E-state index contributed by atoms with van der Waals surface area (Å²) in [6, 6.07) is 20.0. The molecule has 15 heteroatoms. The molecule has 278 valence electrons. The predicted molar refractivity (Wildman–Crippen MR) is 214 cm³/mol. The summed E-state index contributed by atoms with van der Waals surface area (Å²) >= 11 is 11.3. The van der Waals surface area contributed by atoms with Gasteiger partial charge in [0.15, 0.2) is 5.82 Å². The van der Waals surface area contributed by atoms with Gasteiger partial charge in [0, 0.05) is 55.7 Å². The number of piperidine rings is 2. The van der Waals surface area contributed by atoms with E-state index in [1.807, 2.05) is 36.4 Å². The van der Waals surface area contributed by atoms with Crippen molar-refractivity contribution in [2.24, 2.45) is 0 Å². The van der Waals surface area contributed by atoms with Gasteiger partial charge in [0.25, 0.3) is 0 Å². The van der Waals surface area contributed by atoms with Crippen LogP contribution in [0.5, 0.6) is 5.75 Å². The number of carbonyl (C=O) groups excluding carboxylic acids is 2. The topological polar surface area (TPSA) is 141 Å². The molecule has 4 N–H and O–H groups in total. The van der Waals surface area contributed by atoms with Crippen molar-refractivity contribution in [3.63, 3.8) is 0 Å². The van der Waals surface area contributed by atoms with Crippen LogP contribution < -0.4 is 36.2 Å². The summed E-state index contributed by atoms with van der Waals surface area (Å²) in [7, 11) is -0.902. The van der Waals surface area contributed by atoms with E-state index in [0.717, 1.165) is 43.7 Å². The number of benzene rings is 3. The van der Waals surface area contributed by atoms with Gasteiger partial charge in [-0.1, -0.05) is 41.9 Å². The minimum absolute atomic E-state index is 0.168. The molecular formula is C38H44ClN8O4PS. The maximum Gasteiger partial charge on any atom is 0.243 e. The minimum atomic E-state index is -2.54. The van der Waals surface area contributed by atoms with Crippen LogP contribution in [0.1, 0.15) is 47.7 Å². The molecule has 3 aliphatic heterocycles. The summed E-state index contributed by atoms with van der Waals surface area (Å²) < 4.78 is 18.7. The molecule has 0 bridgehead atoms. The molecule has 2 unspecified atom stereocenters. The molecule has 2 saturated heterocycles. The first kappa shape index (κ1) is 37.2. The van der Waals surface area contributed by atoms with Crippen molar-refractivity contribution >= 4 is 77.3 Å². The van der Waals surface area contributed by atoms with E-state index in [9.17, 15) is 14.2 Å². The number of nitrogens with zero attached hydrogens (tertiary/aromatic N) is 4. The van der Waals surface area contributed by atoms with Crippen LogP contribution in [0.15, 0.2) is 66.9 Å². The van der Waals surface area contributed by atoms with Crippen LogP contribution in [0.3, 0.4) is 0 Å². The average Bonchev–Trinajstić information content (AvgIpc) is 3.47. The normalized spacial score (nSPS) is 19.5. The highest BCUT2D eigenvalue weighted by Gasteiger charge is 2.39. The van der Waals surface area contributed by atoms with Crippen molar-refractivity contribution in [1.82, 2.24) is 25.5 Å². The first-order valence-electron chi connectivity index (χ1n) is 17.7. The number of ether oxygens (including phenoxy) is 1. The first-order valence-corrected chi connectivity index (χ1v) is 21.2. The molecule has 4 heterocycles. The Hall–Kier alpha value is -4.13. The van der Waals surface area contributed by atoms with Crippen LogP contribution in [0, 0.1) is 0 Å². The number of carbonyl (C=O) groups is 2. The third kappa shape index (κ3) is 8.34. The summed E-state index contributed by atoms with van der Waals surface area (Å²) in [6.07, 6.45) is 4.40. The average molecular weight is 775 g/mol. The molecule has 0 radical (unpaired) electrons. The SMILES string of the molecule is COc1cc(N2CCC(NCc3ccc4c(c3)CN(C3CCC(=O)NC3=O)C4S)CC2)ccc1Nc1ncc(Cl)c(Nc2ccccc2P(C)(C)=O)n1. The Morgan fingerprint density at radius 2 is 1.81 bits per heavy atom. The van der Waals surface area contributed by atoms with Gasteiger partial charge in [0.2, 0.25) is 17.8 Å². The third-order valence-corrected chi connectivity index (χ3v) is 12.5. The molecule has 12 nitrogen and oxygen atoms in total. The Morgan fingerprint density at radius 3 is 2.57 bits per heavy atom. The zero-order chi connectivity index (χ0) is 37.3. The number of halogens is 1. The second-order valence-electron chi connectivity index (χ2n) is 14.1. The van der Waals surface area contributed by atoms with Gasteiger partial charge in [-0.2, -0.15) is 17.6 Å². The van der Waals surface area contributed by atoms with Gasteiger partial charge in [-0.05, 0) is 73.5 Å². The van der Waals surface area contributed by atoms with E-state index in [0.29, 0.717) is 64.6 Å². The van der Waals surface area contributed by atoms with E-state index in [2.05, 4.69) is 65.3 Å². The zero-order valence-electron chi connectivity index (χ0n) is 29.9. The molecule has 2 atom stereocenters. The lowest BCUT2D eigenvalue weighted by atomic mass is 10.0. The number of imide groups is 1. The zero-order valence-corrected chi connectivity index (χ0v) is 32.5. The van der Waals surface area contributed by atoms with Crippen molar-refractivity contribution in [2.45, 2.75) is 56.2 Å². The molecule has 3 aromatic carbocycles. The van der Waals surface area contributed by atoms with Crippen LogP contribution in [-0.4, -0.2) is 72.3 Å². The number of hydrogen-bond donors (Lipinski definition) is 5. The molecule has 4 aromatic rings. The largest absolute Gasteiger partial charge is 0.494 e. The van der Waals surface area contributed by atoms with Gasteiger partial charge in [-0.25, -0.2) is 4.98 Å². The number of nitrogens with one attached hydrogen (secondary N) is 4. The van der Waals surface area contributed by atoms with Crippen molar-refractivity contribution in [3.8, 4) is 5.75 Å². The Balaban J connectivity index is 0.936. The Labute approximate surface area is 320 Å². The Bertz CT molecular complexity index is 2070. The summed E-state index contributed by atoms with van der Waals surface area (Å²) in [5.74, 6) is 0.965. The number of rotatable bonds is 11. The summed E-state index contributed by atoms with van der Waals surface area (Å²) in [6.45, 7) is 6.67. The maximum absolute atomic E-state index is 12.9. The van der Waals surface area contributed by atoms with E-state index in [1.54, 1.807) is 20.4 Å². The van der Waals surface area contributed by atoms with Gasteiger partial charge in [0.05, 0.1) is 36.1 Å². The second kappa shape index (κ2) is 15.7. The number of anilines is 5. The van der Waals surface area contributed by atoms with Gasteiger partial charge in [-0.3, -0.25) is 19.8 Å². The summed E-state index contributed by atoms with van der Waals surface area (Å²) in [5.41, 5.74) is 5.98. The van der Waals surface area contributed by atoms with E-state index in [1.165, 1.54) is 17.3 Å². The van der Waals surface area contributed by atoms with Crippen molar-refractivity contribution in [1.29, 1.82) is 0 Å². The van der Waals surface area contributed by atoms with Crippen LogP contribution in [-0.2, 0) is 27.2 Å². The first-order chi connectivity index (χ1) is 25.5. The second-order valence-corrected chi connectivity index (χ2v) is 18.2. The van der Waals surface area contributed by atoms with Crippen molar-refractivity contribution < 1.29 is 18.9 Å². The molecule has 7 rings (SSSR count). The minimum Gasteiger partial charge on any atom is -0.494 e. The van der Waals surface area contributed by atoms with E-state index in [4.69, 9.17) is 29.0 Å². The molecule has 3 aliphatic rings. The number of methoxy groups -OCH3 is 1. The maximum atomic E-state index is 12.9. The summed E-state index contributed by atoms with van der Waals surface area (Å²) in [4.78, 5) is 37.6. The molecule has 0 aliphatic carbocycles. The fraction of sp³-hybridized carbons (Fsp3) is 0.368. The van der Waals surface area contributed by atoms with E-state index < -0.39 is 7.14 Å². The quantitative estimate of drug-likeness (QED) is 0.0678. The van der Waals surface area contributed by atoms with Gasteiger partial charge in [-0.15, -0.1) is 0 Å². The smallest absolute Gasteiger partial charge is 0.243 e.